The Morgan fingerprint density at radius 2 is 0.286 bits per heavy atom. The molecule has 0 heterocycles. The van der Waals surface area contributed by atoms with Crippen LogP contribution in [0.15, 0.2) is 0 Å². The first-order valence-electron chi connectivity index (χ1n) is 0. The van der Waals surface area contributed by atoms with Crippen LogP contribution in [0.4, 0.5) is 0 Å². The van der Waals surface area contributed by atoms with Gasteiger partial charge in [-0.05, 0) is 0 Å². The molecule has 0 saturated heterocycles. The Hall–Kier alpha value is 0.279. The summed E-state index contributed by atoms with van der Waals surface area (Å²) in [6.07, 6.45) is 0. The van der Waals surface area contributed by atoms with Crippen molar-refractivity contribution in [3.05, 3.63) is 0 Å². The van der Waals surface area contributed by atoms with E-state index in [0.29, 0.717) is 0 Å². The summed E-state index contributed by atoms with van der Waals surface area (Å²) in [6.45, 7) is 0. The maximum Gasteiger partial charge on any atom is 1.00 e. The molecule has 7 heavy (non-hydrogen) atoms. The van der Waals surface area contributed by atoms with E-state index in [2.05, 4.69) is 0 Å². The molecule has 0 bridgehead atoms. The van der Waals surface area contributed by atoms with E-state index in [0.717, 1.165) is 0 Å². The second-order valence-corrected chi connectivity index (χ2v) is 0. The van der Waals surface area contributed by atoms with Gasteiger partial charge in [-0.25, -0.2) is 0 Å². The monoisotopic (exact) mass is 171 g/mol. The standard InChI is InChI=1S/Cu.6H2O/h;6*1H2/q+1;;;;;;. The van der Waals surface area contributed by atoms with Crippen molar-refractivity contribution in [2.75, 3.05) is 0 Å². The van der Waals surface area contributed by atoms with Crippen LogP contribution in [-0.4, -0.2) is 32.9 Å². The Balaban J connectivity index is 0. The Morgan fingerprint density at radius 1 is 0.286 bits per heavy atom. The molecule has 0 aliphatic heterocycles. The molecule has 0 aliphatic rings. The number of hydrogen-bond donors (Lipinski definition) is 0. The van der Waals surface area contributed by atoms with Gasteiger partial charge in [-0.2, -0.15) is 0 Å². The van der Waals surface area contributed by atoms with E-state index >= 15 is 0 Å². The number of hydrogen-bond acceptors (Lipinski definition) is 0. The average molecular weight is 172 g/mol. The van der Waals surface area contributed by atoms with Crippen LogP contribution in [0.25, 0.3) is 0 Å². The van der Waals surface area contributed by atoms with Crippen molar-refractivity contribution in [2.24, 2.45) is 0 Å². The molecule has 58 valence electrons. The van der Waals surface area contributed by atoms with Crippen molar-refractivity contribution < 1.29 is 49.9 Å². The quantitative estimate of drug-likeness (QED) is 0.316. The molecule has 0 aliphatic carbocycles. The van der Waals surface area contributed by atoms with Gasteiger partial charge in [-0.15, -0.1) is 0 Å². The average Bonchev–Trinajstić information content (AvgIpc) is 0. The maximum atomic E-state index is 0. The minimum atomic E-state index is 0. The van der Waals surface area contributed by atoms with Crippen LogP contribution >= 0.6 is 0 Å². The van der Waals surface area contributed by atoms with Crippen LogP contribution in [0.5, 0.6) is 0 Å². The summed E-state index contributed by atoms with van der Waals surface area (Å²) in [6, 6.07) is 0. The smallest absolute Gasteiger partial charge is 0.412 e. The minimum Gasteiger partial charge on any atom is -0.412 e. The Bertz CT molecular complexity index is 4.14. The molecule has 0 aromatic carbocycles. The van der Waals surface area contributed by atoms with Crippen LogP contribution in [0.2, 0.25) is 0 Å². The van der Waals surface area contributed by atoms with Crippen molar-refractivity contribution in [3.8, 4) is 0 Å². The molecule has 0 aromatic heterocycles. The third-order valence-electron chi connectivity index (χ3n) is 0. The van der Waals surface area contributed by atoms with Gasteiger partial charge in [0.25, 0.3) is 0 Å². The van der Waals surface area contributed by atoms with E-state index in [-0.39, 0.29) is 49.9 Å². The Kier molecular flexibility index (Phi) is 1180000. The molecule has 0 aromatic rings. The zero-order valence-corrected chi connectivity index (χ0v) is 4.24. The first kappa shape index (κ1) is 3670. The third kappa shape index (κ3) is 1470. The summed E-state index contributed by atoms with van der Waals surface area (Å²) in [7, 11) is 0. The van der Waals surface area contributed by atoms with Crippen molar-refractivity contribution in [1.82, 2.24) is 0 Å². The zero-order valence-electron chi connectivity index (χ0n) is 3.30. The van der Waals surface area contributed by atoms with Crippen LogP contribution in [0.3, 0.4) is 0 Å². The van der Waals surface area contributed by atoms with Crippen LogP contribution in [-0.2, 0) is 17.1 Å². The molecule has 0 atom stereocenters. The molecule has 0 unspecified atom stereocenters. The van der Waals surface area contributed by atoms with Gasteiger partial charge in [0, 0.05) is 0 Å². The molecule has 12 N–H and O–H groups in total. The molecule has 0 fully saturated rings. The summed E-state index contributed by atoms with van der Waals surface area (Å²) in [4.78, 5) is 0. The zero-order chi connectivity index (χ0) is 0. The van der Waals surface area contributed by atoms with Crippen molar-refractivity contribution >= 4 is 0 Å². The molecule has 0 amide bonds. The van der Waals surface area contributed by atoms with Crippen molar-refractivity contribution in [2.45, 2.75) is 0 Å². The van der Waals surface area contributed by atoms with Gasteiger partial charge in [0.2, 0.25) is 0 Å². The predicted octanol–water partition coefficient (Wildman–Crippen LogP) is -4.95. The fourth-order valence-electron chi connectivity index (χ4n) is 0. The molecule has 7 heteroatoms. The first-order valence-corrected chi connectivity index (χ1v) is 0. The van der Waals surface area contributed by atoms with E-state index < -0.39 is 0 Å². The summed E-state index contributed by atoms with van der Waals surface area (Å²) in [5.74, 6) is 0. The van der Waals surface area contributed by atoms with Crippen LogP contribution < -0.4 is 0 Å². The van der Waals surface area contributed by atoms with Crippen LogP contribution in [0, 0.1) is 0 Å². The number of rotatable bonds is 0. The summed E-state index contributed by atoms with van der Waals surface area (Å²) < 4.78 is 0. The SMILES string of the molecule is O.O.O.O.O.O.[Cu+]. The van der Waals surface area contributed by atoms with Crippen LogP contribution in [0.1, 0.15) is 0 Å². The van der Waals surface area contributed by atoms with Gasteiger partial charge in [-0.3, -0.25) is 0 Å². The summed E-state index contributed by atoms with van der Waals surface area (Å²) >= 11 is 0. The first-order chi connectivity index (χ1) is 0. The molecule has 0 rings (SSSR count). The van der Waals surface area contributed by atoms with Gasteiger partial charge in [0.05, 0.1) is 0 Å². The summed E-state index contributed by atoms with van der Waals surface area (Å²) in [5, 5.41) is 0. The maximum absolute atomic E-state index is 0. The predicted molar refractivity (Wildman–Crippen MR) is 21.7 cm³/mol. The second kappa shape index (κ2) is 2240. The summed E-state index contributed by atoms with van der Waals surface area (Å²) in [5.41, 5.74) is 0. The van der Waals surface area contributed by atoms with E-state index in [9.17, 15) is 0 Å². The molecular weight excluding hydrogens is 160 g/mol. The normalized spacial score (nSPS) is 0. The van der Waals surface area contributed by atoms with E-state index in [4.69, 9.17) is 0 Å². The van der Waals surface area contributed by atoms with E-state index in [1.165, 1.54) is 0 Å². The molecule has 0 spiro atoms. The van der Waals surface area contributed by atoms with Gasteiger partial charge in [0.1, 0.15) is 0 Å². The minimum absolute atomic E-state index is 0. The molecular formula is H12CuO6+. The molecule has 6 nitrogen and oxygen atoms in total. The second-order valence-electron chi connectivity index (χ2n) is 0. The Labute approximate surface area is 50.8 Å². The van der Waals surface area contributed by atoms with E-state index in [1.807, 2.05) is 0 Å². The van der Waals surface area contributed by atoms with Gasteiger partial charge in [-0.1, -0.05) is 0 Å². The topological polar surface area (TPSA) is 189 Å². The van der Waals surface area contributed by atoms with Crippen molar-refractivity contribution in [1.29, 1.82) is 0 Å². The Morgan fingerprint density at radius 3 is 0.286 bits per heavy atom. The third-order valence-corrected chi connectivity index (χ3v) is 0. The molecule has 0 saturated carbocycles. The van der Waals surface area contributed by atoms with Crippen molar-refractivity contribution in [3.63, 3.8) is 0 Å². The fraction of sp³-hybridized carbons (Fsp3) is 0. The van der Waals surface area contributed by atoms with Gasteiger partial charge >= 0.3 is 17.1 Å². The van der Waals surface area contributed by atoms with Gasteiger partial charge < -0.3 is 32.9 Å². The molecule has 0 radical (unpaired) electrons. The van der Waals surface area contributed by atoms with Gasteiger partial charge in [0.15, 0.2) is 0 Å². The van der Waals surface area contributed by atoms with E-state index in [1.54, 1.807) is 0 Å². The fourth-order valence-corrected chi connectivity index (χ4v) is 0. The largest absolute Gasteiger partial charge is 1.00 e.